The van der Waals surface area contributed by atoms with E-state index in [1.807, 2.05) is 24.4 Å². The Kier molecular flexibility index (Phi) is 5.14. The number of carbonyl (C=O) groups is 1. The van der Waals surface area contributed by atoms with Crippen molar-refractivity contribution in [3.05, 3.63) is 53.9 Å². The zero-order chi connectivity index (χ0) is 20.4. The maximum Gasteiger partial charge on any atom is 0.308 e. The third-order valence-corrected chi connectivity index (χ3v) is 4.75. The van der Waals surface area contributed by atoms with Crippen molar-refractivity contribution in [3.8, 4) is 17.2 Å². The van der Waals surface area contributed by atoms with Gasteiger partial charge >= 0.3 is 5.97 Å². The normalized spacial score (nSPS) is 11.2. The predicted octanol–water partition coefficient (Wildman–Crippen LogP) is 4.31. The number of carbonyl (C=O) groups excluding carboxylic acids is 1. The summed E-state index contributed by atoms with van der Waals surface area (Å²) in [5.41, 5.74) is 3.21. The lowest BCUT2D eigenvalue weighted by Crippen LogP contribution is -2.08. The molecule has 7 nitrogen and oxygen atoms in total. The molecule has 2 N–H and O–H groups in total. The molecule has 0 atom stereocenters. The van der Waals surface area contributed by atoms with E-state index in [-0.39, 0.29) is 12.5 Å². The van der Waals surface area contributed by atoms with Crippen LogP contribution in [0.3, 0.4) is 0 Å². The molecule has 0 spiro atoms. The number of fused-ring (bicyclic) bond motifs is 2. The first-order valence-electron chi connectivity index (χ1n) is 9.19. The number of methoxy groups -OCH3 is 1. The highest BCUT2D eigenvalue weighted by atomic mass is 16.7. The summed E-state index contributed by atoms with van der Waals surface area (Å²) in [6.45, 7) is 1.31. The number of esters is 1. The highest BCUT2D eigenvalue weighted by Gasteiger charge is 2.22. The molecule has 0 saturated heterocycles. The van der Waals surface area contributed by atoms with Gasteiger partial charge in [0.25, 0.3) is 0 Å². The number of ether oxygens (including phenoxy) is 3. The summed E-state index contributed by atoms with van der Waals surface area (Å²) in [6.07, 6.45) is 4.39. The first-order valence-corrected chi connectivity index (χ1v) is 9.19. The Bertz CT molecular complexity index is 1170. The number of hydrogen-bond acceptors (Lipinski definition) is 6. The van der Waals surface area contributed by atoms with Gasteiger partial charge in [0.05, 0.1) is 0 Å². The van der Waals surface area contributed by atoms with Crippen LogP contribution >= 0.6 is 0 Å². The Labute approximate surface area is 166 Å². The summed E-state index contributed by atoms with van der Waals surface area (Å²) in [4.78, 5) is 14.9. The molecule has 4 rings (SSSR count). The molecule has 2 aromatic heterocycles. The van der Waals surface area contributed by atoms with Crippen LogP contribution in [0.4, 0.5) is 0 Å². The minimum absolute atomic E-state index is 0.0245. The fourth-order valence-electron chi connectivity index (χ4n) is 3.52. The Hall–Kier alpha value is -3.45. The van der Waals surface area contributed by atoms with Crippen molar-refractivity contribution < 1.29 is 28.5 Å². The quantitative estimate of drug-likeness (QED) is 0.275. The van der Waals surface area contributed by atoms with E-state index in [9.17, 15) is 9.90 Å². The highest BCUT2D eigenvalue weighted by molar-refractivity contribution is 5.93. The van der Waals surface area contributed by atoms with E-state index in [1.165, 1.54) is 20.3 Å². The summed E-state index contributed by atoms with van der Waals surface area (Å²) in [5.74, 6) is 0.219. The SMILES string of the molecule is COCOc1c(CCc2c[nH]c3ccccc23)c(OC(C)=O)cc2occ(O)c12. The van der Waals surface area contributed by atoms with Gasteiger partial charge in [-0.05, 0) is 24.5 Å². The molecule has 0 bridgehead atoms. The Morgan fingerprint density at radius 1 is 1.24 bits per heavy atom. The van der Waals surface area contributed by atoms with Crippen molar-refractivity contribution >= 4 is 27.8 Å². The Morgan fingerprint density at radius 3 is 2.86 bits per heavy atom. The number of rotatable bonds is 7. The van der Waals surface area contributed by atoms with E-state index in [0.717, 1.165) is 16.5 Å². The molecule has 7 heteroatoms. The second-order valence-electron chi connectivity index (χ2n) is 6.68. The molecule has 0 saturated carbocycles. The maximum atomic E-state index is 11.7. The minimum atomic E-state index is -0.453. The average Bonchev–Trinajstić information content (AvgIpc) is 3.28. The molecule has 0 unspecified atom stereocenters. The van der Waals surface area contributed by atoms with Gasteiger partial charge in [-0.1, -0.05) is 18.2 Å². The third-order valence-electron chi connectivity index (χ3n) is 4.75. The number of aryl methyl sites for hydroxylation is 1. The van der Waals surface area contributed by atoms with E-state index >= 15 is 0 Å². The number of benzene rings is 2. The van der Waals surface area contributed by atoms with Gasteiger partial charge in [-0.2, -0.15) is 0 Å². The molecular weight excluding hydrogens is 374 g/mol. The first kappa shape index (κ1) is 18.9. The molecule has 150 valence electrons. The summed E-state index contributed by atoms with van der Waals surface area (Å²) in [6, 6.07) is 9.65. The summed E-state index contributed by atoms with van der Waals surface area (Å²) < 4.78 is 21.6. The Morgan fingerprint density at radius 2 is 2.07 bits per heavy atom. The van der Waals surface area contributed by atoms with Gasteiger partial charge in [0.15, 0.2) is 12.5 Å². The van der Waals surface area contributed by atoms with Crippen molar-refractivity contribution in [2.24, 2.45) is 0 Å². The zero-order valence-electron chi connectivity index (χ0n) is 16.2. The van der Waals surface area contributed by atoms with Crippen LogP contribution in [0.1, 0.15) is 18.1 Å². The molecule has 29 heavy (non-hydrogen) atoms. The van der Waals surface area contributed by atoms with Gasteiger partial charge in [0.1, 0.15) is 28.7 Å². The Balaban J connectivity index is 1.78. The second kappa shape index (κ2) is 7.89. The predicted molar refractivity (Wildman–Crippen MR) is 107 cm³/mol. The fraction of sp³-hybridized carbons (Fsp3) is 0.227. The van der Waals surface area contributed by atoms with Crippen LogP contribution < -0.4 is 9.47 Å². The minimum Gasteiger partial charge on any atom is -0.504 e. The van der Waals surface area contributed by atoms with Gasteiger partial charge in [-0.25, -0.2) is 0 Å². The molecule has 0 aliphatic rings. The summed E-state index contributed by atoms with van der Waals surface area (Å²) >= 11 is 0. The van der Waals surface area contributed by atoms with Crippen molar-refractivity contribution in [2.75, 3.05) is 13.9 Å². The van der Waals surface area contributed by atoms with Crippen LogP contribution in [0.5, 0.6) is 17.2 Å². The number of H-pyrrole nitrogens is 1. The van der Waals surface area contributed by atoms with Gasteiger partial charge < -0.3 is 28.7 Å². The summed E-state index contributed by atoms with van der Waals surface area (Å²) in [7, 11) is 1.51. The molecule has 0 radical (unpaired) electrons. The van der Waals surface area contributed by atoms with E-state index in [2.05, 4.69) is 11.1 Å². The molecule has 0 amide bonds. The largest absolute Gasteiger partial charge is 0.504 e. The highest BCUT2D eigenvalue weighted by Crippen LogP contribution is 2.43. The van der Waals surface area contributed by atoms with E-state index in [4.69, 9.17) is 18.6 Å². The molecule has 4 aromatic rings. The lowest BCUT2D eigenvalue weighted by Gasteiger charge is -2.16. The van der Waals surface area contributed by atoms with Crippen LogP contribution in [0.2, 0.25) is 0 Å². The van der Waals surface area contributed by atoms with Crippen molar-refractivity contribution in [2.45, 2.75) is 19.8 Å². The summed E-state index contributed by atoms with van der Waals surface area (Å²) in [5, 5.41) is 11.8. The fourth-order valence-corrected chi connectivity index (χ4v) is 3.52. The number of nitrogens with one attached hydrogen (secondary N) is 1. The average molecular weight is 395 g/mol. The maximum absolute atomic E-state index is 11.7. The molecular formula is C22H21NO6. The standard InChI is InChI=1S/C22H21NO6/c1-13(24)29-19-9-20-21(18(25)11-27-20)22(28-12-26-2)16(19)8-7-14-10-23-17-6-4-3-5-15(14)17/h3-6,9-11,23,25H,7-8,12H2,1-2H3. The molecule has 0 aliphatic heterocycles. The van der Waals surface area contributed by atoms with Crippen LogP contribution in [0, 0.1) is 0 Å². The second-order valence-corrected chi connectivity index (χ2v) is 6.68. The molecule has 0 fully saturated rings. The number of aromatic amines is 1. The zero-order valence-corrected chi connectivity index (χ0v) is 16.2. The molecule has 0 aliphatic carbocycles. The van der Waals surface area contributed by atoms with Gasteiger partial charge in [-0.3, -0.25) is 4.79 Å². The van der Waals surface area contributed by atoms with E-state index < -0.39 is 5.97 Å². The number of furan rings is 1. The topological polar surface area (TPSA) is 93.9 Å². The number of hydrogen-bond donors (Lipinski definition) is 2. The monoisotopic (exact) mass is 395 g/mol. The van der Waals surface area contributed by atoms with Crippen LogP contribution in [-0.4, -0.2) is 30.0 Å². The smallest absolute Gasteiger partial charge is 0.308 e. The van der Waals surface area contributed by atoms with Crippen LogP contribution in [0.15, 0.2) is 47.2 Å². The lowest BCUT2D eigenvalue weighted by atomic mass is 10.00. The van der Waals surface area contributed by atoms with Gasteiger partial charge in [-0.15, -0.1) is 0 Å². The number of aromatic nitrogens is 1. The van der Waals surface area contributed by atoms with Crippen molar-refractivity contribution in [1.82, 2.24) is 4.98 Å². The molecule has 2 heterocycles. The lowest BCUT2D eigenvalue weighted by molar-refractivity contribution is -0.131. The first-order chi connectivity index (χ1) is 14.1. The van der Waals surface area contributed by atoms with Crippen LogP contribution in [0.25, 0.3) is 21.9 Å². The van der Waals surface area contributed by atoms with Crippen molar-refractivity contribution in [1.29, 1.82) is 0 Å². The van der Waals surface area contributed by atoms with Crippen LogP contribution in [-0.2, 0) is 22.4 Å². The molecule has 2 aromatic carbocycles. The van der Waals surface area contributed by atoms with Gasteiger partial charge in [0.2, 0.25) is 0 Å². The number of aromatic hydroxyl groups is 1. The van der Waals surface area contributed by atoms with E-state index in [1.54, 1.807) is 6.07 Å². The van der Waals surface area contributed by atoms with Gasteiger partial charge in [0, 0.05) is 42.8 Å². The van der Waals surface area contributed by atoms with Crippen molar-refractivity contribution in [3.63, 3.8) is 0 Å². The number of para-hydroxylation sites is 1. The third kappa shape index (κ3) is 3.64. The van der Waals surface area contributed by atoms with E-state index in [0.29, 0.717) is 40.9 Å².